The van der Waals surface area contributed by atoms with Gasteiger partial charge in [-0.2, -0.15) is 0 Å². The van der Waals surface area contributed by atoms with Gasteiger partial charge >= 0.3 is 0 Å². The van der Waals surface area contributed by atoms with E-state index in [0.29, 0.717) is 17.9 Å². The molecule has 1 fully saturated rings. The van der Waals surface area contributed by atoms with E-state index >= 15 is 0 Å². The molecule has 2 N–H and O–H groups in total. The summed E-state index contributed by atoms with van der Waals surface area (Å²) in [5, 5.41) is 6.44. The average molecular weight is 269 g/mol. The van der Waals surface area contributed by atoms with E-state index in [1.54, 1.807) is 0 Å². The Balaban J connectivity index is 2.30. The monoisotopic (exact) mass is 269 g/mol. The quantitative estimate of drug-likeness (QED) is 0.767. The molecule has 0 saturated carbocycles. The first-order chi connectivity index (χ1) is 8.90. The van der Waals surface area contributed by atoms with Crippen molar-refractivity contribution in [1.82, 2.24) is 15.5 Å². The minimum atomic E-state index is -0.103. The zero-order valence-electron chi connectivity index (χ0n) is 13.2. The lowest BCUT2D eigenvalue weighted by atomic mass is 9.90. The summed E-state index contributed by atoms with van der Waals surface area (Å²) in [4.78, 5) is 14.3. The summed E-state index contributed by atoms with van der Waals surface area (Å²) in [5.74, 6) is 1.31. The van der Waals surface area contributed by atoms with Crippen LogP contribution in [0.3, 0.4) is 0 Å². The fourth-order valence-corrected chi connectivity index (χ4v) is 2.59. The maximum atomic E-state index is 11.9. The highest BCUT2D eigenvalue weighted by atomic mass is 16.2. The van der Waals surface area contributed by atoms with Crippen LogP contribution in [-0.4, -0.2) is 49.6 Å². The van der Waals surface area contributed by atoms with Crippen LogP contribution in [0.5, 0.6) is 0 Å². The van der Waals surface area contributed by atoms with Gasteiger partial charge in [0.1, 0.15) is 0 Å². The summed E-state index contributed by atoms with van der Waals surface area (Å²) in [6, 6.07) is 0.307. The minimum Gasteiger partial charge on any atom is -0.354 e. The normalized spacial score (nSPS) is 21.4. The molecule has 0 aromatic heterocycles. The molecule has 1 heterocycles. The molecule has 4 nitrogen and oxygen atoms in total. The lowest BCUT2D eigenvalue weighted by molar-refractivity contribution is -0.123. The Morgan fingerprint density at radius 3 is 2.32 bits per heavy atom. The van der Waals surface area contributed by atoms with E-state index in [1.165, 1.54) is 25.9 Å². The standard InChI is InChI=1S/C15H31N3O/c1-11(2)10-16-15(19)13(4)17-12(3)14-6-8-18(5)9-7-14/h11-14,17H,6-10H2,1-5H3,(H,16,19). The number of carbonyl (C=O) groups excluding carboxylic acids is 1. The number of likely N-dealkylation sites (tertiary alicyclic amines) is 1. The molecule has 0 bridgehead atoms. The predicted molar refractivity (Wildman–Crippen MR) is 80.1 cm³/mol. The maximum Gasteiger partial charge on any atom is 0.236 e. The summed E-state index contributed by atoms with van der Waals surface area (Å²) in [5.41, 5.74) is 0. The summed E-state index contributed by atoms with van der Waals surface area (Å²) < 4.78 is 0. The number of amides is 1. The van der Waals surface area contributed by atoms with Crippen molar-refractivity contribution < 1.29 is 4.79 Å². The second-order valence-electron chi connectivity index (χ2n) is 6.46. The molecule has 0 radical (unpaired) electrons. The van der Waals surface area contributed by atoms with Gasteiger partial charge in [0.15, 0.2) is 0 Å². The predicted octanol–water partition coefficient (Wildman–Crippen LogP) is 1.47. The molecule has 2 atom stereocenters. The van der Waals surface area contributed by atoms with Crippen LogP contribution >= 0.6 is 0 Å². The van der Waals surface area contributed by atoms with Gasteiger partial charge in [0.25, 0.3) is 0 Å². The summed E-state index contributed by atoms with van der Waals surface area (Å²) in [6.45, 7) is 11.5. The smallest absolute Gasteiger partial charge is 0.236 e. The van der Waals surface area contributed by atoms with Gasteiger partial charge in [-0.25, -0.2) is 0 Å². The van der Waals surface area contributed by atoms with Gasteiger partial charge in [0.05, 0.1) is 6.04 Å². The fourth-order valence-electron chi connectivity index (χ4n) is 2.59. The van der Waals surface area contributed by atoms with Crippen molar-refractivity contribution in [3.8, 4) is 0 Å². The van der Waals surface area contributed by atoms with E-state index in [9.17, 15) is 4.79 Å². The fraction of sp³-hybridized carbons (Fsp3) is 0.933. The number of hydrogen-bond acceptors (Lipinski definition) is 3. The summed E-state index contributed by atoms with van der Waals surface area (Å²) in [6.07, 6.45) is 2.45. The average Bonchev–Trinajstić information content (AvgIpc) is 2.36. The number of carbonyl (C=O) groups is 1. The Hall–Kier alpha value is -0.610. The second kappa shape index (κ2) is 7.85. The van der Waals surface area contributed by atoms with E-state index in [-0.39, 0.29) is 11.9 Å². The van der Waals surface area contributed by atoms with E-state index in [2.05, 4.69) is 43.4 Å². The largest absolute Gasteiger partial charge is 0.354 e. The molecule has 0 spiro atoms. The molecular formula is C15H31N3O. The molecule has 4 heteroatoms. The van der Waals surface area contributed by atoms with Crippen LogP contribution < -0.4 is 10.6 Å². The lowest BCUT2D eigenvalue weighted by Gasteiger charge is -2.34. The molecule has 0 aliphatic carbocycles. The van der Waals surface area contributed by atoms with Gasteiger partial charge in [-0.3, -0.25) is 4.79 Å². The Labute approximate surface area is 118 Å². The van der Waals surface area contributed by atoms with Crippen molar-refractivity contribution >= 4 is 5.91 Å². The first kappa shape index (κ1) is 16.4. The van der Waals surface area contributed by atoms with E-state index in [0.717, 1.165) is 6.54 Å². The van der Waals surface area contributed by atoms with Crippen LogP contribution in [-0.2, 0) is 4.79 Å². The number of rotatable bonds is 6. The molecule has 1 saturated heterocycles. The third kappa shape index (κ3) is 5.91. The molecule has 112 valence electrons. The van der Waals surface area contributed by atoms with Crippen molar-refractivity contribution in [2.75, 3.05) is 26.7 Å². The van der Waals surface area contributed by atoms with Gasteiger partial charge in [-0.1, -0.05) is 13.8 Å². The number of nitrogens with zero attached hydrogens (tertiary/aromatic N) is 1. The maximum absolute atomic E-state index is 11.9. The number of hydrogen-bond donors (Lipinski definition) is 2. The molecule has 1 aliphatic rings. The highest BCUT2D eigenvalue weighted by Gasteiger charge is 2.24. The van der Waals surface area contributed by atoms with Crippen LogP contribution in [0, 0.1) is 11.8 Å². The molecule has 0 aromatic rings. The topological polar surface area (TPSA) is 44.4 Å². The van der Waals surface area contributed by atoms with Crippen LogP contribution in [0.15, 0.2) is 0 Å². The zero-order valence-corrected chi connectivity index (χ0v) is 13.2. The van der Waals surface area contributed by atoms with Gasteiger partial charge in [-0.15, -0.1) is 0 Å². The molecule has 19 heavy (non-hydrogen) atoms. The third-order valence-electron chi connectivity index (χ3n) is 4.06. The van der Waals surface area contributed by atoms with Crippen molar-refractivity contribution in [1.29, 1.82) is 0 Å². The first-order valence-corrected chi connectivity index (χ1v) is 7.62. The molecule has 1 rings (SSSR count). The number of nitrogens with one attached hydrogen (secondary N) is 2. The van der Waals surface area contributed by atoms with E-state index < -0.39 is 0 Å². The summed E-state index contributed by atoms with van der Waals surface area (Å²) in [7, 11) is 2.18. The van der Waals surface area contributed by atoms with E-state index in [4.69, 9.17) is 0 Å². The van der Waals surface area contributed by atoms with Crippen LogP contribution in [0.4, 0.5) is 0 Å². The van der Waals surface area contributed by atoms with Crippen LogP contribution in [0.1, 0.15) is 40.5 Å². The SMILES string of the molecule is CC(C)CNC(=O)C(C)NC(C)C1CCN(C)CC1. The Bertz CT molecular complexity index is 273. The molecule has 1 aliphatic heterocycles. The Morgan fingerprint density at radius 1 is 1.21 bits per heavy atom. The zero-order chi connectivity index (χ0) is 14.4. The van der Waals surface area contributed by atoms with Gasteiger partial charge in [-0.05, 0) is 58.7 Å². The van der Waals surface area contributed by atoms with Crippen molar-refractivity contribution in [2.45, 2.75) is 52.6 Å². The summed E-state index contributed by atoms with van der Waals surface area (Å²) >= 11 is 0. The molecule has 1 amide bonds. The Morgan fingerprint density at radius 2 is 1.79 bits per heavy atom. The van der Waals surface area contributed by atoms with Crippen molar-refractivity contribution in [3.05, 3.63) is 0 Å². The second-order valence-corrected chi connectivity index (χ2v) is 6.46. The van der Waals surface area contributed by atoms with Crippen molar-refractivity contribution in [3.63, 3.8) is 0 Å². The molecular weight excluding hydrogens is 238 g/mol. The third-order valence-corrected chi connectivity index (χ3v) is 4.06. The highest BCUT2D eigenvalue weighted by Crippen LogP contribution is 2.19. The first-order valence-electron chi connectivity index (χ1n) is 7.62. The van der Waals surface area contributed by atoms with E-state index in [1.807, 2.05) is 6.92 Å². The molecule has 0 aromatic carbocycles. The lowest BCUT2D eigenvalue weighted by Crippen LogP contribution is -2.50. The number of piperidine rings is 1. The van der Waals surface area contributed by atoms with Crippen LogP contribution in [0.2, 0.25) is 0 Å². The van der Waals surface area contributed by atoms with Gasteiger partial charge in [0.2, 0.25) is 5.91 Å². The van der Waals surface area contributed by atoms with Crippen molar-refractivity contribution in [2.24, 2.45) is 11.8 Å². The van der Waals surface area contributed by atoms with Crippen LogP contribution in [0.25, 0.3) is 0 Å². The van der Waals surface area contributed by atoms with Gasteiger partial charge in [0, 0.05) is 12.6 Å². The molecule has 2 unspecified atom stereocenters. The minimum absolute atomic E-state index is 0.103. The van der Waals surface area contributed by atoms with Gasteiger partial charge < -0.3 is 15.5 Å². The highest BCUT2D eigenvalue weighted by molar-refractivity contribution is 5.81. The Kier molecular flexibility index (Phi) is 6.80.